The van der Waals surface area contributed by atoms with E-state index in [4.69, 9.17) is 4.42 Å². The molecule has 0 saturated heterocycles. The molecule has 0 amide bonds. The van der Waals surface area contributed by atoms with Crippen LogP contribution in [0.25, 0.3) is 0 Å². The van der Waals surface area contributed by atoms with Crippen molar-refractivity contribution in [3.63, 3.8) is 0 Å². The Hall–Kier alpha value is -0.320. The van der Waals surface area contributed by atoms with E-state index >= 15 is 0 Å². The Labute approximate surface area is 100.0 Å². The van der Waals surface area contributed by atoms with E-state index in [2.05, 4.69) is 54.1 Å². The maximum Gasteiger partial charge on any atom is 0.169 e. The zero-order chi connectivity index (χ0) is 11.4. The Morgan fingerprint density at radius 1 is 1.40 bits per heavy atom. The number of hydrogen-bond donors (Lipinski definition) is 1. The molecule has 0 radical (unpaired) electrons. The Balaban J connectivity index is 2.39. The molecule has 3 nitrogen and oxygen atoms in total. The van der Waals surface area contributed by atoms with E-state index in [0.29, 0.717) is 6.04 Å². The van der Waals surface area contributed by atoms with E-state index < -0.39 is 0 Å². The molecule has 0 aliphatic rings. The van der Waals surface area contributed by atoms with Gasteiger partial charge in [0.1, 0.15) is 5.76 Å². The van der Waals surface area contributed by atoms with Gasteiger partial charge in [0.05, 0.1) is 6.04 Å². The highest BCUT2D eigenvalue weighted by Crippen LogP contribution is 2.19. The average molecular weight is 275 g/mol. The number of hydrogen-bond acceptors (Lipinski definition) is 3. The van der Waals surface area contributed by atoms with Crippen LogP contribution in [0.5, 0.6) is 0 Å². The van der Waals surface area contributed by atoms with E-state index in [0.717, 1.165) is 17.0 Å². The lowest BCUT2D eigenvalue weighted by Crippen LogP contribution is -2.36. The van der Waals surface area contributed by atoms with Gasteiger partial charge in [0, 0.05) is 12.6 Å². The highest BCUT2D eigenvalue weighted by Gasteiger charge is 2.11. The smallest absolute Gasteiger partial charge is 0.169 e. The van der Waals surface area contributed by atoms with E-state index in [1.54, 1.807) is 0 Å². The van der Waals surface area contributed by atoms with Crippen molar-refractivity contribution in [1.82, 2.24) is 10.2 Å². The van der Waals surface area contributed by atoms with E-state index in [9.17, 15) is 0 Å². The van der Waals surface area contributed by atoms with Crippen LogP contribution in [0.1, 0.15) is 25.6 Å². The van der Waals surface area contributed by atoms with Gasteiger partial charge in [-0.1, -0.05) is 0 Å². The largest absolute Gasteiger partial charge is 0.453 e. The Bertz CT molecular complexity index is 299. The normalized spacial score (nSPS) is 15.6. The van der Waals surface area contributed by atoms with Gasteiger partial charge in [-0.05, 0) is 56.0 Å². The van der Waals surface area contributed by atoms with E-state index in [1.807, 2.05) is 12.1 Å². The second-order valence-corrected chi connectivity index (χ2v) is 4.87. The Morgan fingerprint density at radius 3 is 2.53 bits per heavy atom. The van der Waals surface area contributed by atoms with Gasteiger partial charge in [0.15, 0.2) is 4.67 Å². The number of likely N-dealkylation sites (N-methyl/N-ethyl adjacent to an activating group) is 1. The fourth-order valence-corrected chi connectivity index (χ4v) is 1.51. The third-order valence-corrected chi connectivity index (χ3v) is 3.05. The summed E-state index contributed by atoms with van der Waals surface area (Å²) in [6, 6.07) is 4.68. The SMILES string of the molecule is CC(NCC(C)N(C)C)c1ccc(Br)o1. The first-order chi connectivity index (χ1) is 7.00. The molecule has 0 aliphatic carbocycles. The van der Waals surface area contributed by atoms with Crippen LogP contribution in [0.3, 0.4) is 0 Å². The van der Waals surface area contributed by atoms with Crippen molar-refractivity contribution in [1.29, 1.82) is 0 Å². The Morgan fingerprint density at radius 2 is 2.07 bits per heavy atom. The van der Waals surface area contributed by atoms with Crippen LogP contribution >= 0.6 is 15.9 Å². The summed E-state index contributed by atoms with van der Waals surface area (Å²) in [5, 5.41) is 3.44. The quantitative estimate of drug-likeness (QED) is 0.895. The van der Waals surface area contributed by atoms with Gasteiger partial charge in [-0.2, -0.15) is 0 Å². The number of rotatable bonds is 5. The molecule has 4 heteroatoms. The first kappa shape index (κ1) is 12.7. The van der Waals surface area contributed by atoms with Crippen LogP contribution in [-0.2, 0) is 0 Å². The zero-order valence-electron chi connectivity index (χ0n) is 9.75. The van der Waals surface area contributed by atoms with Crippen molar-refractivity contribution in [3.05, 3.63) is 22.6 Å². The summed E-state index contributed by atoms with van der Waals surface area (Å²) in [4.78, 5) is 2.19. The lowest BCUT2D eigenvalue weighted by Gasteiger charge is -2.22. The van der Waals surface area contributed by atoms with Crippen molar-refractivity contribution >= 4 is 15.9 Å². The molecule has 2 unspecified atom stereocenters. The van der Waals surface area contributed by atoms with Gasteiger partial charge in [-0.3, -0.25) is 0 Å². The zero-order valence-corrected chi connectivity index (χ0v) is 11.3. The number of nitrogens with one attached hydrogen (secondary N) is 1. The fourth-order valence-electron chi connectivity index (χ4n) is 1.19. The van der Waals surface area contributed by atoms with Crippen LogP contribution in [0.4, 0.5) is 0 Å². The molecule has 86 valence electrons. The first-order valence-electron chi connectivity index (χ1n) is 5.15. The molecule has 2 atom stereocenters. The minimum atomic E-state index is 0.249. The number of nitrogens with zero attached hydrogens (tertiary/aromatic N) is 1. The van der Waals surface area contributed by atoms with Crippen LogP contribution < -0.4 is 5.32 Å². The summed E-state index contributed by atoms with van der Waals surface area (Å²) in [5.41, 5.74) is 0. The summed E-state index contributed by atoms with van der Waals surface area (Å²) in [5.74, 6) is 0.966. The maximum atomic E-state index is 5.48. The highest BCUT2D eigenvalue weighted by atomic mass is 79.9. The van der Waals surface area contributed by atoms with Crippen LogP contribution in [0.15, 0.2) is 21.2 Å². The topological polar surface area (TPSA) is 28.4 Å². The van der Waals surface area contributed by atoms with Gasteiger partial charge in [-0.15, -0.1) is 0 Å². The van der Waals surface area contributed by atoms with Crippen molar-refractivity contribution < 1.29 is 4.42 Å². The molecule has 1 N–H and O–H groups in total. The molecular weight excluding hydrogens is 256 g/mol. The number of furan rings is 1. The molecule has 1 aromatic heterocycles. The van der Waals surface area contributed by atoms with Crippen molar-refractivity contribution in [3.8, 4) is 0 Å². The van der Waals surface area contributed by atoms with Crippen LogP contribution in [0.2, 0.25) is 0 Å². The van der Waals surface area contributed by atoms with Gasteiger partial charge in [0.25, 0.3) is 0 Å². The molecule has 15 heavy (non-hydrogen) atoms. The summed E-state index contributed by atoms with van der Waals surface area (Å²) in [6.45, 7) is 5.25. The number of halogens is 1. The van der Waals surface area contributed by atoms with E-state index in [1.165, 1.54) is 0 Å². The van der Waals surface area contributed by atoms with Crippen molar-refractivity contribution in [2.75, 3.05) is 20.6 Å². The summed E-state index contributed by atoms with van der Waals surface area (Å²) < 4.78 is 6.26. The van der Waals surface area contributed by atoms with Crippen LogP contribution in [-0.4, -0.2) is 31.6 Å². The van der Waals surface area contributed by atoms with Crippen LogP contribution in [0, 0.1) is 0 Å². The van der Waals surface area contributed by atoms with Crippen molar-refractivity contribution in [2.24, 2.45) is 0 Å². The predicted octanol–water partition coefficient (Wildman–Crippen LogP) is 2.64. The highest BCUT2D eigenvalue weighted by molar-refractivity contribution is 9.10. The summed E-state index contributed by atoms with van der Waals surface area (Å²) in [6.07, 6.45) is 0. The first-order valence-corrected chi connectivity index (χ1v) is 5.95. The van der Waals surface area contributed by atoms with Gasteiger partial charge >= 0.3 is 0 Å². The van der Waals surface area contributed by atoms with Crippen molar-refractivity contribution in [2.45, 2.75) is 25.9 Å². The third kappa shape index (κ3) is 3.97. The molecule has 0 bridgehead atoms. The predicted molar refractivity (Wildman–Crippen MR) is 66.0 cm³/mol. The molecule has 1 heterocycles. The Kier molecular flexibility index (Phi) is 4.83. The fraction of sp³-hybridized carbons (Fsp3) is 0.636. The molecular formula is C11H19BrN2O. The third-order valence-electron chi connectivity index (χ3n) is 2.62. The summed E-state index contributed by atoms with van der Waals surface area (Å²) >= 11 is 3.30. The molecule has 0 fully saturated rings. The second kappa shape index (κ2) is 5.68. The standard InChI is InChI=1S/C11H19BrN2O/c1-8(14(3)4)7-13-9(2)10-5-6-11(12)15-10/h5-6,8-9,13H,7H2,1-4H3. The monoisotopic (exact) mass is 274 g/mol. The lowest BCUT2D eigenvalue weighted by atomic mass is 10.2. The molecule has 0 spiro atoms. The lowest BCUT2D eigenvalue weighted by molar-refractivity contribution is 0.289. The second-order valence-electron chi connectivity index (χ2n) is 4.08. The molecule has 0 saturated carbocycles. The molecule has 0 aliphatic heterocycles. The van der Waals surface area contributed by atoms with E-state index in [-0.39, 0.29) is 6.04 Å². The summed E-state index contributed by atoms with van der Waals surface area (Å²) in [7, 11) is 4.17. The van der Waals surface area contributed by atoms with Gasteiger partial charge < -0.3 is 14.6 Å². The maximum absolute atomic E-state index is 5.48. The average Bonchev–Trinajstić information content (AvgIpc) is 2.60. The molecule has 1 rings (SSSR count). The molecule has 1 aromatic rings. The van der Waals surface area contributed by atoms with Gasteiger partial charge in [0.2, 0.25) is 0 Å². The minimum Gasteiger partial charge on any atom is -0.453 e. The van der Waals surface area contributed by atoms with Gasteiger partial charge in [-0.25, -0.2) is 0 Å². The minimum absolute atomic E-state index is 0.249. The molecule has 0 aromatic carbocycles.